The van der Waals surface area contributed by atoms with Crippen molar-refractivity contribution in [1.82, 2.24) is 9.88 Å². The van der Waals surface area contributed by atoms with Gasteiger partial charge < -0.3 is 19.9 Å². The van der Waals surface area contributed by atoms with Crippen molar-refractivity contribution in [3.05, 3.63) is 30.5 Å². The molecule has 1 aliphatic rings. The van der Waals surface area contributed by atoms with Gasteiger partial charge in [-0.05, 0) is 24.3 Å². The Morgan fingerprint density at radius 2 is 1.94 bits per heavy atom. The number of carboxylic acid groups (broad SMARTS) is 1. The molecule has 0 radical (unpaired) electrons. The lowest BCUT2D eigenvalue weighted by Crippen LogP contribution is -2.48. The van der Waals surface area contributed by atoms with Crippen LogP contribution in [0.3, 0.4) is 0 Å². The van der Waals surface area contributed by atoms with Gasteiger partial charge in [0.15, 0.2) is 0 Å². The Kier molecular flexibility index (Phi) is 2.59. The number of aromatic nitrogens is 1. The number of hydrogen-bond acceptors (Lipinski definition) is 2. The maximum Gasteiger partial charge on any atom is 0.407 e. The second-order valence-corrected chi connectivity index (χ2v) is 4.51. The molecule has 0 atom stereocenters. The summed E-state index contributed by atoms with van der Waals surface area (Å²) in [5, 5.41) is 10.1. The number of fused-ring (bicyclic) bond motifs is 1. The lowest BCUT2D eigenvalue weighted by atomic mass is 10.2. The summed E-state index contributed by atoms with van der Waals surface area (Å²) < 4.78 is 0. The standard InChI is InChI=1S/C13H15N3O2/c17-13(18)16-7-5-15(6-8-16)11-1-2-12-10(9-11)3-4-14-12/h1-4,9,14H,5-8H2,(H,17,18). The molecule has 1 saturated heterocycles. The molecule has 1 fully saturated rings. The molecule has 0 saturated carbocycles. The van der Waals surface area contributed by atoms with E-state index in [-0.39, 0.29) is 0 Å². The normalized spacial score (nSPS) is 16.2. The minimum atomic E-state index is -0.823. The quantitative estimate of drug-likeness (QED) is 0.807. The van der Waals surface area contributed by atoms with Crippen molar-refractivity contribution in [2.75, 3.05) is 31.1 Å². The zero-order valence-electron chi connectivity index (χ0n) is 9.97. The Morgan fingerprint density at radius 1 is 1.17 bits per heavy atom. The van der Waals surface area contributed by atoms with Crippen molar-refractivity contribution in [1.29, 1.82) is 0 Å². The summed E-state index contributed by atoms with van der Waals surface area (Å²) in [5.41, 5.74) is 2.29. The van der Waals surface area contributed by atoms with Gasteiger partial charge >= 0.3 is 6.09 Å². The first-order chi connectivity index (χ1) is 8.74. The molecular formula is C13H15N3O2. The third-order valence-corrected chi connectivity index (χ3v) is 3.45. The maximum atomic E-state index is 10.8. The van der Waals surface area contributed by atoms with Crippen LogP contribution in [0.15, 0.2) is 30.5 Å². The van der Waals surface area contributed by atoms with Crippen LogP contribution in [-0.4, -0.2) is 47.3 Å². The molecule has 3 rings (SSSR count). The molecule has 1 aromatic heterocycles. The summed E-state index contributed by atoms with van der Waals surface area (Å²) >= 11 is 0. The van der Waals surface area contributed by atoms with Gasteiger partial charge in [0, 0.05) is 49.0 Å². The zero-order chi connectivity index (χ0) is 12.5. The molecular weight excluding hydrogens is 230 g/mol. The second kappa shape index (κ2) is 4.25. The summed E-state index contributed by atoms with van der Waals surface area (Å²) in [6.45, 7) is 2.64. The van der Waals surface area contributed by atoms with Gasteiger partial charge in [-0.3, -0.25) is 0 Å². The number of piperazine rings is 1. The smallest absolute Gasteiger partial charge is 0.407 e. The van der Waals surface area contributed by atoms with E-state index in [4.69, 9.17) is 5.11 Å². The molecule has 0 spiro atoms. The number of nitrogens with one attached hydrogen (secondary N) is 1. The summed E-state index contributed by atoms with van der Waals surface area (Å²) in [6.07, 6.45) is 1.10. The Morgan fingerprint density at radius 3 is 2.67 bits per heavy atom. The van der Waals surface area contributed by atoms with Crippen LogP contribution < -0.4 is 4.90 Å². The molecule has 0 aliphatic carbocycles. The number of rotatable bonds is 1. The summed E-state index contributed by atoms with van der Waals surface area (Å²) in [4.78, 5) is 17.7. The number of aromatic amines is 1. The Hall–Kier alpha value is -2.17. The van der Waals surface area contributed by atoms with Crippen molar-refractivity contribution >= 4 is 22.7 Å². The Bertz CT molecular complexity index is 570. The highest BCUT2D eigenvalue weighted by Crippen LogP contribution is 2.22. The van der Waals surface area contributed by atoms with Gasteiger partial charge in [-0.25, -0.2) is 4.79 Å². The van der Waals surface area contributed by atoms with E-state index in [1.165, 1.54) is 10.3 Å². The minimum Gasteiger partial charge on any atom is -0.465 e. The van der Waals surface area contributed by atoms with E-state index in [9.17, 15) is 4.79 Å². The van der Waals surface area contributed by atoms with E-state index >= 15 is 0 Å². The average molecular weight is 245 g/mol. The SMILES string of the molecule is O=C(O)N1CCN(c2ccc3[nH]ccc3c2)CC1. The van der Waals surface area contributed by atoms with Crippen LogP contribution in [0.5, 0.6) is 0 Å². The molecule has 18 heavy (non-hydrogen) atoms. The van der Waals surface area contributed by atoms with Crippen molar-refractivity contribution < 1.29 is 9.90 Å². The lowest BCUT2D eigenvalue weighted by Gasteiger charge is -2.34. The number of amides is 1. The molecule has 0 bridgehead atoms. The van der Waals surface area contributed by atoms with Gasteiger partial charge in [-0.15, -0.1) is 0 Å². The molecule has 1 aromatic carbocycles. The van der Waals surface area contributed by atoms with Crippen molar-refractivity contribution in [3.63, 3.8) is 0 Å². The van der Waals surface area contributed by atoms with Gasteiger partial charge in [-0.1, -0.05) is 0 Å². The van der Waals surface area contributed by atoms with E-state index in [2.05, 4.69) is 28.1 Å². The van der Waals surface area contributed by atoms with E-state index in [0.29, 0.717) is 13.1 Å². The number of anilines is 1. The molecule has 2 N–H and O–H groups in total. The highest BCUT2D eigenvalue weighted by atomic mass is 16.4. The molecule has 2 aromatic rings. The predicted molar refractivity (Wildman–Crippen MR) is 70.1 cm³/mol. The first-order valence-corrected chi connectivity index (χ1v) is 6.04. The molecule has 5 nitrogen and oxygen atoms in total. The Labute approximate surface area is 105 Å². The maximum absolute atomic E-state index is 10.8. The van der Waals surface area contributed by atoms with Gasteiger partial charge in [-0.2, -0.15) is 0 Å². The van der Waals surface area contributed by atoms with E-state index in [1.807, 2.05) is 12.3 Å². The third-order valence-electron chi connectivity index (χ3n) is 3.45. The first kappa shape index (κ1) is 11.0. The first-order valence-electron chi connectivity index (χ1n) is 6.04. The van der Waals surface area contributed by atoms with E-state index in [1.54, 1.807) is 0 Å². The fraction of sp³-hybridized carbons (Fsp3) is 0.308. The number of benzene rings is 1. The van der Waals surface area contributed by atoms with E-state index in [0.717, 1.165) is 24.3 Å². The summed E-state index contributed by atoms with van der Waals surface area (Å²) in [6, 6.07) is 8.33. The average Bonchev–Trinajstić information content (AvgIpc) is 2.86. The van der Waals surface area contributed by atoms with Crippen LogP contribution in [0, 0.1) is 0 Å². The molecule has 2 heterocycles. The molecule has 1 amide bonds. The van der Waals surface area contributed by atoms with Crippen molar-refractivity contribution in [2.45, 2.75) is 0 Å². The van der Waals surface area contributed by atoms with Crippen LogP contribution in [-0.2, 0) is 0 Å². The minimum absolute atomic E-state index is 0.570. The number of H-pyrrole nitrogens is 1. The predicted octanol–water partition coefficient (Wildman–Crippen LogP) is 1.97. The largest absolute Gasteiger partial charge is 0.465 e. The fourth-order valence-corrected chi connectivity index (χ4v) is 2.39. The number of carbonyl (C=O) groups is 1. The van der Waals surface area contributed by atoms with Crippen molar-refractivity contribution in [2.24, 2.45) is 0 Å². The van der Waals surface area contributed by atoms with E-state index < -0.39 is 6.09 Å². The summed E-state index contributed by atoms with van der Waals surface area (Å²) in [5.74, 6) is 0. The molecule has 0 unspecified atom stereocenters. The van der Waals surface area contributed by atoms with Crippen LogP contribution in [0.1, 0.15) is 0 Å². The van der Waals surface area contributed by atoms with Crippen LogP contribution in [0.2, 0.25) is 0 Å². The molecule has 5 heteroatoms. The monoisotopic (exact) mass is 245 g/mol. The van der Waals surface area contributed by atoms with Gasteiger partial charge in [0.05, 0.1) is 0 Å². The highest BCUT2D eigenvalue weighted by Gasteiger charge is 2.20. The fourth-order valence-electron chi connectivity index (χ4n) is 2.39. The number of nitrogens with zero attached hydrogens (tertiary/aromatic N) is 2. The zero-order valence-corrected chi connectivity index (χ0v) is 9.97. The van der Waals surface area contributed by atoms with Crippen molar-refractivity contribution in [3.8, 4) is 0 Å². The molecule has 1 aliphatic heterocycles. The highest BCUT2D eigenvalue weighted by molar-refractivity contribution is 5.83. The van der Waals surface area contributed by atoms with Crippen LogP contribution in [0.4, 0.5) is 10.5 Å². The van der Waals surface area contributed by atoms with Gasteiger partial charge in [0.25, 0.3) is 0 Å². The van der Waals surface area contributed by atoms with Gasteiger partial charge in [0.2, 0.25) is 0 Å². The van der Waals surface area contributed by atoms with Crippen LogP contribution >= 0.6 is 0 Å². The Balaban J connectivity index is 1.77. The topological polar surface area (TPSA) is 59.6 Å². The summed E-state index contributed by atoms with van der Waals surface area (Å²) in [7, 11) is 0. The van der Waals surface area contributed by atoms with Crippen LogP contribution in [0.25, 0.3) is 10.9 Å². The third kappa shape index (κ3) is 1.88. The van der Waals surface area contributed by atoms with Gasteiger partial charge in [0.1, 0.15) is 0 Å². The number of hydrogen-bond donors (Lipinski definition) is 2. The second-order valence-electron chi connectivity index (χ2n) is 4.51. The molecule has 94 valence electrons. The lowest BCUT2D eigenvalue weighted by molar-refractivity contribution is 0.142.